The Morgan fingerprint density at radius 1 is 1.16 bits per heavy atom. The molecule has 3 fully saturated rings. The van der Waals surface area contributed by atoms with Crippen LogP contribution in [0.25, 0.3) is 0 Å². The van der Waals surface area contributed by atoms with Crippen LogP contribution in [0.1, 0.15) is 58.3 Å². The number of rotatable bonds is 2. The summed E-state index contributed by atoms with van der Waals surface area (Å²) < 4.78 is 0. The van der Waals surface area contributed by atoms with Crippen molar-refractivity contribution in [3.05, 3.63) is 0 Å². The van der Waals surface area contributed by atoms with Gasteiger partial charge in [-0.3, -0.25) is 4.79 Å². The topological polar surface area (TPSA) is 32.3 Å². The van der Waals surface area contributed by atoms with Gasteiger partial charge in [-0.05, 0) is 57.5 Å². The van der Waals surface area contributed by atoms with Gasteiger partial charge in [0.2, 0.25) is 5.91 Å². The van der Waals surface area contributed by atoms with E-state index >= 15 is 0 Å². The molecular formula is C16H28N2O. The van der Waals surface area contributed by atoms with Crippen molar-refractivity contribution in [3.63, 3.8) is 0 Å². The van der Waals surface area contributed by atoms with Gasteiger partial charge in [-0.15, -0.1) is 0 Å². The van der Waals surface area contributed by atoms with Crippen LogP contribution in [0.2, 0.25) is 0 Å². The molecule has 0 bridgehead atoms. The van der Waals surface area contributed by atoms with Crippen molar-refractivity contribution in [3.8, 4) is 0 Å². The lowest BCUT2D eigenvalue weighted by Gasteiger charge is -2.38. The highest BCUT2D eigenvalue weighted by molar-refractivity contribution is 5.83. The summed E-state index contributed by atoms with van der Waals surface area (Å²) in [5.74, 6) is 1.17. The second-order valence-electron chi connectivity index (χ2n) is 7.08. The quantitative estimate of drug-likeness (QED) is 0.831. The van der Waals surface area contributed by atoms with E-state index in [0.29, 0.717) is 17.9 Å². The van der Waals surface area contributed by atoms with Gasteiger partial charge in [-0.2, -0.15) is 0 Å². The Bertz CT molecular complexity index is 330. The maximum Gasteiger partial charge on any atom is 0.228 e. The first-order chi connectivity index (χ1) is 9.21. The fourth-order valence-corrected chi connectivity index (χ4v) is 4.46. The van der Waals surface area contributed by atoms with Crippen LogP contribution in [0.5, 0.6) is 0 Å². The van der Waals surface area contributed by atoms with Crippen molar-refractivity contribution >= 4 is 5.91 Å². The number of carbonyl (C=O) groups is 1. The molecule has 2 heterocycles. The Balaban J connectivity index is 1.70. The molecule has 3 aliphatic rings. The minimum atomic E-state index is -0.0370. The maximum atomic E-state index is 12.9. The molecule has 1 aliphatic carbocycles. The van der Waals surface area contributed by atoms with Gasteiger partial charge in [0.05, 0.1) is 0 Å². The smallest absolute Gasteiger partial charge is 0.228 e. The number of nitrogens with zero attached hydrogens (tertiary/aromatic N) is 1. The minimum Gasteiger partial charge on any atom is -0.339 e. The van der Waals surface area contributed by atoms with Crippen LogP contribution in [0.3, 0.4) is 0 Å². The first kappa shape index (κ1) is 13.4. The van der Waals surface area contributed by atoms with Crippen LogP contribution in [-0.2, 0) is 4.79 Å². The first-order valence-electron chi connectivity index (χ1n) is 8.22. The Morgan fingerprint density at radius 3 is 2.63 bits per heavy atom. The summed E-state index contributed by atoms with van der Waals surface area (Å²) in [7, 11) is 0. The van der Waals surface area contributed by atoms with Crippen molar-refractivity contribution in [1.82, 2.24) is 10.2 Å². The average molecular weight is 264 g/mol. The molecule has 1 saturated carbocycles. The summed E-state index contributed by atoms with van der Waals surface area (Å²) in [6.07, 6.45) is 9.73. The summed E-state index contributed by atoms with van der Waals surface area (Å²) in [4.78, 5) is 15.2. The third kappa shape index (κ3) is 2.54. The first-order valence-corrected chi connectivity index (χ1v) is 8.22. The van der Waals surface area contributed by atoms with Crippen molar-refractivity contribution in [2.24, 2.45) is 11.3 Å². The van der Waals surface area contributed by atoms with Crippen LogP contribution in [0, 0.1) is 11.3 Å². The molecule has 2 saturated heterocycles. The van der Waals surface area contributed by atoms with Crippen LogP contribution in [0.15, 0.2) is 0 Å². The van der Waals surface area contributed by atoms with Crippen LogP contribution in [0.4, 0.5) is 0 Å². The summed E-state index contributed by atoms with van der Waals surface area (Å²) in [6, 6.07) is 0.526. The van der Waals surface area contributed by atoms with Gasteiger partial charge in [0.25, 0.3) is 0 Å². The Hall–Kier alpha value is -0.570. The van der Waals surface area contributed by atoms with E-state index in [1.54, 1.807) is 0 Å². The summed E-state index contributed by atoms with van der Waals surface area (Å²) >= 11 is 0. The van der Waals surface area contributed by atoms with E-state index in [1.165, 1.54) is 38.5 Å². The fourth-order valence-electron chi connectivity index (χ4n) is 4.46. The van der Waals surface area contributed by atoms with E-state index in [1.807, 2.05) is 0 Å². The summed E-state index contributed by atoms with van der Waals surface area (Å²) in [6.45, 7) is 5.49. The SMILES string of the molecule is CC1(C(=O)N2CCCC2C2CCCNC2)CCCC1. The van der Waals surface area contributed by atoms with Gasteiger partial charge < -0.3 is 10.2 Å². The van der Waals surface area contributed by atoms with Gasteiger partial charge in [0, 0.05) is 18.0 Å². The van der Waals surface area contributed by atoms with E-state index in [4.69, 9.17) is 0 Å². The number of nitrogens with one attached hydrogen (secondary N) is 1. The molecule has 0 aromatic heterocycles. The van der Waals surface area contributed by atoms with Crippen molar-refractivity contribution in [1.29, 1.82) is 0 Å². The standard InChI is InChI=1S/C16H28N2O/c1-16(8-2-3-9-16)15(19)18-11-5-7-14(18)13-6-4-10-17-12-13/h13-14,17H,2-12H2,1H3. The second kappa shape index (κ2) is 5.43. The molecular weight excluding hydrogens is 236 g/mol. The third-order valence-corrected chi connectivity index (χ3v) is 5.66. The molecule has 2 atom stereocenters. The zero-order chi connectivity index (χ0) is 13.3. The van der Waals surface area contributed by atoms with E-state index in [9.17, 15) is 4.79 Å². The monoisotopic (exact) mass is 264 g/mol. The normalized spacial score (nSPS) is 34.7. The van der Waals surface area contributed by atoms with E-state index < -0.39 is 0 Å². The van der Waals surface area contributed by atoms with Gasteiger partial charge in [0.15, 0.2) is 0 Å². The Labute approximate surface area is 117 Å². The second-order valence-corrected chi connectivity index (χ2v) is 7.08. The number of likely N-dealkylation sites (tertiary alicyclic amines) is 1. The lowest BCUT2D eigenvalue weighted by atomic mass is 9.85. The molecule has 0 spiro atoms. The zero-order valence-corrected chi connectivity index (χ0v) is 12.3. The van der Waals surface area contributed by atoms with Gasteiger partial charge in [-0.1, -0.05) is 19.8 Å². The number of piperidine rings is 1. The van der Waals surface area contributed by atoms with Crippen molar-refractivity contribution in [2.75, 3.05) is 19.6 Å². The fraction of sp³-hybridized carbons (Fsp3) is 0.938. The molecule has 0 aromatic carbocycles. The lowest BCUT2D eigenvalue weighted by molar-refractivity contribution is -0.143. The largest absolute Gasteiger partial charge is 0.339 e. The molecule has 0 radical (unpaired) electrons. The van der Waals surface area contributed by atoms with Gasteiger partial charge >= 0.3 is 0 Å². The zero-order valence-electron chi connectivity index (χ0n) is 12.3. The highest BCUT2D eigenvalue weighted by atomic mass is 16.2. The van der Waals surface area contributed by atoms with Gasteiger partial charge in [-0.25, -0.2) is 0 Å². The third-order valence-electron chi connectivity index (χ3n) is 5.66. The molecule has 1 N–H and O–H groups in total. The molecule has 3 rings (SSSR count). The highest BCUT2D eigenvalue weighted by Crippen LogP contribution is 2.41. The number of hydrogen-bond acceptors (Lipinski definition) is 2. The minimum absolute atomic E-state index is 0.0370. The molecule has 1 amide bonds. The highest BCUT2D eigenvalue weighted by Gasteiger charge is 2.44. The predicted octanol–water partition coefficient (Wildman–Crippen LogP) is 2.56. The summed E-state index contributed by atoms with van der Waals surface area (Å²) in [5.41, 5.74) is -0.0370. The Kier molecular flexibility index (Phi) is 3.84. The van der Waals surface area contributed by atoms with E-state index in [-0.39, 0.29) is 5.41 Å². The maximum absolute atomic E-state index is 12.9. The van der Waals surface area contributed by atoms with Crippen molar-refractivity contribution in [2.45, 2.75) is 64.3 Å². The molecule has 2 unspecified atom stereocenters. The Morgan fingerprint density at radius 2 is 1.95 bits per heavy atom. The van der Waals surface area contributed by atoms with E-state index in [0.717, 1.165) is 32.5 Å². The number of carbonyl (C=O) groups excluding carboxylic acids is 1. The molecule has 108 valence electrons. The number of hydrogen-bond donors (Lipinski definition) is 1. The average Bonchev–Trinajstić information content (AvgIpc) is 3.08. The van der Waals surface area contributed by atoms with Crippen LogP contribution < -0.4 is 5.32 Å². The number of amides is 1. The molecule has 3 heteroatoms. The van der Waals surface area contributed by atoms with Crippen LogP contribution >= 0.6 is 0 Å². The van der Waals surface area contributed by atoms with Crippen LogP contribution in [-0.4, -0.2) is 36.5 Å². The van der Waals surface area contributed by atoms with Gasteiger partial charge in [0.1, 0.15) is 0 Å². The molecule has 19 heavy (non-hydrogen) atoms. The molecule has 2 aliphatic heterocycles. The predicted molar refractivity (Wildman–Crippen MR) is 76.9 cm³/mol. The van der Waals surface area contributed by atoms with E-state index in [2.05, 4.69) is 17.1 Å². The molecule has 3 nitrogen and oxygen atoms in total. The molecule has 0 aromatic rings. The van der Waals surface area contributed by atoms with Crippen molar-refractivity contribution < 1.29 is 4.79 Å². The summed E-state index contributed by atoms with van der Waals surface area (Å²) in [5, 5.41) is 3.51. The lowest BCUT2D eigenvalue weighted by Crippen LogP contribution is -2.49.